The molecule has 0 radical (unpaired) electrons. The molecule has 1 aromatic carbocycles. The summed E-state index contributed by atoms with van der Waals surface area (Å²) in [6, 6.07) is 5.87. The second-order valence-electron chi connectivity index (χ2n) is 3.82. The van der Waals surface area contributed by atoms with Crippen LogP contribution in [0, 0.1) is 0 Å². The Morgan fingerprint density at radius 2 is 1.93 bits per heavy atom. The fourth-order valence-electron chi connectivity index (χ4n) is 1.92. The SMILES string of the molecule is COc1cc(Br)ccc1OC1CCCC1. The molecule has 0 aliphatic heterocycles. The van der Waals surface area contributed by atoms with Crippen molar-refractivity contribution in [2.24, 2.45) is 0 Å². The Bertz CT molecular complexity index is 332. The van der Waals surface area contributed by atoms with Gasteiger partial charge < -0.3 is 9.47 Å². The molecule has 0 N–H and O–H groups in total. The molecule has 15 heavy (non-hydrogen) atoms. The van der Waals surface area contributed by atoms with Crippen LogP contribution in [-0.4, -0.2) is 13.2 Å². The van der Waals surface area contributed by atoms with E-state index in [1.807, 2.05) is 18.2 Å². The molecule has 0 bridgehead atoms. The zero-order chi connectivity index (χ0) is 10.7. The van der Waals surface area contributed by atoms with E-state index in [1.54, 1.807) is 7.11 Å². The molecule has 1 saturated carbocycles. The standard InChI is InChI=1S/C12H15BrO2/c1-14-12-8-9(13)6-7-11(12)15-10-4-2-3-5-10/h6-8,10H,2-5H2,1H3. The Morgan fingerprint density at radius 3 is 2.60 bits per heavy atom. The van der Waals surface area contributed by atoms with Crippen LogP contribution in [0.2, 0.25) is 0 Å². The summed E-state index contributed by atoms with van der Waals surface area (Å²) in [6.07, 6.45) is 5.27. The highest BCUT2D eigenvalue weighted by molar-refractivity contribution is 9.10. The van der Waals surface area contributed by atoms with Gasteiger partial charge in [-0.15, -0.1) is 0 Å². The van der Waals surface area contributed by atoms with E-state index in [0.29, 0.717) is 6.10 Å². The Kier molecular flexibility index (Phi) is 3.52. The van der Waals surface area contributed by atoms with Gasteiger partial charge in [-0.05, 0) is 43.9 Å². The molecule has 1 aromatic rings. The lowest BCUT2D eigenvalue weighted by molar-refractivity contribution is 0.200. The number of hydrogen-bond donors (Lipinski definition) is 0. The molecular weight excluding hydrogens is 256 g/mol. The van der Waals surface area contributed by atoms with Crippen LogP contribution in [0.5, 0.6) is 11.5 Å². The summed E-state index contributed by atoms with van der Waals surface area (Å²) in [5, 5.41) is 0. The summed E-state index contributed by atoms with van der Waals surface area (Å²) < 4.78 is 12.2. The first-order valence-corrected chi connectivity index (χ1v) is 6.09. The number of ether oxygens (including phenoxy) is 2. The molecule has 1 fully saturated rings. The molecular formula is C12H15BrO2. The summed E-state index contributed by atoms with van der Waals surface area (Å²) in [5.41, 5.74) is 0. The van der Waals surface area contributed by atoms with Crippen molar-refractivity contribution in [3.63, 3.8) is 0 Å². The Balaban J connectivity index is 2.12. The normalized spacial score (nSPS) is 16.7. The highest BCUT2D eigenvalue weighted by Gasteiger charge is 2.18. The van der Waals surface area contributed by atoms with Crippen molar-refractivity contribution in [1.82, 2.24) is 0 Å². The zero-order valence-corrected chi connectivity index (χ0v) is 10.4. The van der Waals surface area contributed by atoms with Crippen LogP contribution in [-0.2, 0) is 0 Å². The zero-order valence-electron chi connectivity index (χ0n) is 8.83. The summed E-state index contributed by atoms with van der Waals surface area (Å²) in [6.45, 7) is 0. The van der Waals surface area contributed by atoms with Crippen LogP contribution >= 0.6 is 15.9 Å². The van der Waals surface area contributed by atoms with Crippen molar-refractivity contribution in [3.8, 4) is 11.5 Å². The van der Waals surface area contributed by atoms with Gasteiger partial charge in [-0.2, -0.15) is 0 Å². The maximum Gasteiger partial charge on any atom is 0.161 e. The van der Waals surface area contributed by atoms with Crippen molar-refractivity contribution in [2.75, 3.05) is 7.11 Å². The number of halogens is 1. The van der Waals surface area contributed by atoms with Gasteiger partial charge in [0.1, 0.15) is 0 Å². The quantitative estimate of drug-likeness (QED) is 0.833. The predicted octanol–water partition coefficient (Wildman–Crippen LogP) is 3.78. The van der Waals surface area contributed by atoms with Crippen LogP contribution in [0.3, 0.4) is 0 Å². The van der Waals surface area contributed by atoms with Gasteiger partial charge in [-0.1, -0.05) is 15.9 Å². The van der Waals surface area contributed by atoms with Crippen LogP contribution in [0.25, 0.3) is 0 Å². The van der Waals surface area contributed by atoms with Crippen molar-refractivity contribution < 1.29 is 9.47 Å². The molecule has 0 saturated heterocycles. The molecule has 0 spiro atoms. The lowest BCUT2D eigenvalue weighted by Crippen LogP contribution is -2.11. The second-order valence-corrected chi connectivity index (χ2v) is 4.74. The van der Waals surface area contributed by atoms with E-state index >= 15 is 0 Å². The number of hydrogen-bond acceptors (Lipinski definition) is 2. The van der Waals surface area contributed by atoms with E-state index in [0.717, 1.165) is 16.0 Å². The third-order valence-electron chi connectivity index (χ3n) is 2.72. The maximum atomic E-state index is 5.91. The smallest absolute Gasteiger partial charge is 0.161 e. The summed E-state index contributed by atoms with van der Waals surface area (Å²) in [7, 11) is 1.67. The van der Waals surface area contributed by atoms with Gasteiger partial charge >= 0.3 is 0 Å². The van der Waals surface area contributed by atoms with Gasteiger partial charge in [0.25, 0.3) is 0 Å². The molecule has 0 aromatic heterocycles. The lowest BCUT2D eigenvalue weighted by Gasteiger charge is -2.15. The van der Waals surface area contributed by atoms with E-state index < -0.39 is 0 Å². The minimum absolute atomic E-state index is 0.375. The van der Waals surface area contributed by atoms with Crippen molar-refractivity contribution >= 4 is 15.9 Å². The largest absolute Gasteiger partial charge is 0.493 e. The van der Waals surface area contributed by atoms with Crippen LogP contribution in [0.1, 0.15) is 25.7 Å². The molecule has 1 aliphatic rings. The third kappa shape index (κ3) is 2.65. The second kappa shape index (κ2) is 4.88. The van der Waals surface area contributed by atoms with Gasteiger partial charge in [-0.25, -0.2) is 0 Å². The maximum absolute atomic E-state index is 5.91. The van der Waals surface area contributed by atoms with Gasteiger partial charge in [0, 0.05) is 4.47 Å². The predicted molar refractivity (Wildman–Crippen MR) is 63.6 cm³/mol. The molecule has 1 aliphatic carbocycles. The first-order valence-electron chi connectivity index (χ1n) is 5.30. The molecule has 0 unspecified atom stereocenters. The monoisotopic (exact) mass is 270 g/mol. The Morgan fingerprint density at radius 1 is 1.20 bits per heavy atom. The fraction of sp³-hybridized carbons (Fsp3) is 0.500. The number of methoxy groups -OCH3 is 1. The fourth-order valence-corrected chi connectivity index (χ4v) is 2.26. The van der Waals surface area contributed by atoms with E-state index in [2.05, 4.69) is 15.9 Å². The van der Waals surface area contributed by atoms with Gasteiger partial charge in [-0.3, -0.25) is 0 Å². The van der Waals surface area contributed by atoms with Gasteiger partial charge in [0.15, 0.2) is 11.5 Å². The van der Waals surface area contributed by atoms with Crippen LogP contribution < -0.4 is 9.47 Å². The lowest BCUT2D eigenvalue weighted by atomic mass is 10.3. The van der Waals surface area contributed by atoms with E-state index in [1.165, 1.54) is 25.7 Å². The van der Waals surface area contributed by atoms with E-state index in [9.17, 15) is 0 Å². The van der Waals surface area contributed by atoms with Crippen molar-refractivity contribution in [2.45, 2.75) is 31.8 Å². The van der Waals surface area contributed by atoms with E-state index in [-0.39, 0.29) is 0 Å². The highest BCUT2D eigenvalue weighted by atomic mass is 79.9. The number of benzene rings is 1. The van der Waals surface area contributed by atoms with Gasteiger partial charge in [0.05, 0.1) is 13.2 Å². The molecule has 2 rings (SSSR count). The van der Waals surface area contributed by atoms with Crippen LogP contribution in [0.4, 0.5) is 0 Å². The molecule has 0 atom stereocenters. The molecule has 2 nitrogen and oxygen atoms in total. The summed E-state index contributed by atoms with van der Waals surface area (Å²) in [4.78, 5) is 0. The average molecular weight is 271 g/mol. The van der Waals surface area contributed by atoms with Crippen molar-refractivity contribution in [1.29, 1.82) is 0 Å². The Labute approximate surface area is 98.7 Å². The highest BCUT2D eigenvalue weighted by Crippen LogP contribution is 2.33. The average Bonchev–Trinajstić information content (AvgIpc) is 2.73. The molecule has 3 heteroatoms. The van der Waals surface area contributed by atoms with Crippen LogP contribution in [0.15, 0.2) is 22.7 Å². The summed E-state index contributed by atoms with van der Waals surface area (Å²) >= 11 is 3.41. The van der Waals surface area contributed by atoms with Gasteiger partial charge in [0.2, 0.25) is 0 Å². The third-order valence-corrected chi connectivity index (χ3v) is 3.21. The minimum Gasteiger partial charge on any atom is -0.493 e. The minimum atomic E-state index is 0.375. The number of rotatable bonds is 3. The topological polar surface area (TPSA) is 18.5 Å². The molecule has 0 amide bonds. The van der Waals surface area contributed by atoms with E-state index in [4.69, 9.17) is 9.47 Å². The van der Waals surface area contributed by atoms with Crippen molar-refractivity contribution in [3.05, 3.63) is 22.7 Å². The Hall–Kier alpha value is -0.700. The molecule has 0 heterocycles. The first kappa shape index (κ1) is 10.8. The molecule has 82 valence electrons. The first-order chi connectivity index (χ1) is 7.29. The summed E-state index contributed by atoms with van der Waals surface area (Å²) in [5.74, 6) is 1.66.